The van der Waals surface area contributed by atoms with Gasteiger partial charge < -0.3 is 0 Å². The molecule has 0 radical (unpaired) electrons. The normalized spacial score (nSPS) is 12.0. The summed E-state index contributed by atoms with van der Waals surface area (Å²) < 4.78 is 39.9. The summed E-state index contributed by atoms with van der Waals surface area (Å²) >= 11 is 0. The van der Waals surface area contributed by atoms with E-state index in [0.29, 0.717) is 0 Å². The van der Waals surface area contributed by atoms with Crippen molar-refractivity contribution in [2.24, 2.45) is 0 Å². The molecule has 2 rings (SSSR count). The van der Waals surface area contributed by atoms with Crippen LogP contribution in [-0.4, -0.2) is 16.8 Å². The standard InChI is InChI=1S/C17H20F3N3O/c1-11(2)13-6-5-7-14(12(3)4)15(13)22-8-9-23(10-22)21-16(24)17(18,19)20/h5-12H,1-4H3/p+1. The van der Waals surface area contributed by atoms with Crippen molar-refractivity contribution in [1.29, 1.82) is 0 Å². The second kappa shape index (κ2) is 6.67. The van der Waals surface area contributed by atoms with E-state index in [1.807, 2.05) is 18.2 Å². The van der Waals surface area contributed by atoms with Crippen molar-refractivity contribution < 1.29 is 22.5 Å². The van der Waals surface area contributed by atoms with Crippen molar-refractivity contribution in [3.8, 4) is 5.69 Å². The van der Waals surface area contributed by atoms with Gasteiger partial charge in [-0.3, -0.25) is 4.79 Å². The Hall–Kier alpha value is -2.31. The summed E-state index contributed by atoms with van der Waals surface area (Å²) in [5.74, 6) is -1.51. The van der Waals surface area contributed by atoms with Gasteiger partial charge in [-0.25, -0.2) is 0 Å². The van der Waals surface area contributed by atoms with Crippen LogP contribution in [0.5, 0.6) is 0 Å². The highest BCUT2D eigenvalue weighted by atomic mass is 19.4. The van der Waals surface area contributed by atoms with Crippen LogP contribution in [0.15, 0.2) is 36.9 Å². The second-order valence-corrected chi connectivity index (χ2v) is 6.26. The fraction of sp³-hybridized carbons (Fsp3) is 0.412. The van der Waals surface area contributed by atoms with Crippen LogP contribution in [0.2, 0.25) is 0 Å². The number of carbonyl (C=O) groups excluding carboxylic acids is 1. The Bertz CT molecular complexity index is 707. The molecule has 0 bridgehead atoms. The Morgan fingerprint density at radius 2 is 1.67 bits per heavy atom. The van der Waals surface area contributed by atoms with Crippen LogP contribution in [-0.2, 0) is 4.79 Å². The average Bonchev–Trinajstić information content (AvgIpc) is 2.93. The smallest absolute Gasteiger partial charge is 0.261 e. The zero-order chi connectivity index (χ0) is 18.1. The maximum atomic E-state index is 12.4. The number of benzene rings is 1. The molecule has 0 aliphatic rings. The Labute approximate surface area is 138 Å². The van der Waals surface area contributed by atoms with Gasteiger partial charge in [0, 0.05) is 11.1 Å². The average molecular weight is 340 g/mol. The molecule has 0 unspecified atom stereocenters. The maximum Gasteiger partial charge on any atom is 0.474 e. The zero-order valence-corrected chi connectivity index (χ0v) is 14.1. The number of rotatable bonds is 4. The van der Waals surface area contributed by atoms with Crippen molar-refractivity contribution in [2.75, 3.05) is 5.43 Å². The number of nitrogens with zero attached hydrogens (tertiary/aromatic N) is 2. The summed E-state index contributed by atoms with van der Waals surface area (Å²) in [5, 5.41) is 0. The monoisotopic (exact) mass is 340 g/mol. The minimum atomic E-state index is -4.92. The molecular weight excluding hydrogens is 319 g/mol. The van der Waals surface area contributed by atoms with Crippen LogP contribution in [0.1, 0.15) is 50.7 Å². The Morgan fingerprint density at radius 3 is 2.12 bits per heavy atom. The number of aromatic nitrogens is 2. The molecule has 0 saturated heterocycles. The molecule has 0 saturated carbocycles. The first-order valence-electron chi connectivity index (χ1n) is 7.72. The van der Waals surface area contributed by atoms with Crippen molar-refractivity contribution in [3.05, 3.63) is 48.0 Å². The van der Waals surface area contributed by atoms with E-state index in [0.717, 1.165) is 21.5 Å². The molecule has 0 fully saturated rings. The Balaban J connectivity index is 2.45. The van der Waals surface area contributed by atoms with Gasteiger partial charge >= 0.3 is 12.1 Å². The van der Waals surface area contributed by atoms with Gasteiger partial charge in [0.1, 0.15) is 11.9 Å². The molecule has 0 spiro atoms. The first-order valence-corrected chi connectivity index (χ1v) is 7.72. The summed E-state index contributed by atoms with van der Waals surface area (Å²) in [6, 6.07) is 5.99. The Morgan fingerprint density at radius 1 is 1.12 bits per heavy atom. The molecule has 4 nitrogen and oxygen atoms in total. The molecule has 1 amide bonds. The van der Waals surface area contributed by atoms with Crippen LogP contribution in [0.3, 0.4) is 0 Å². The van der Waals surface area contributed by atoms with E-state index < -0.39 is 12.1 Å². The first-order chi connectivity index (χ1) is 11.1. The van der Waals surface area contributed by atoms with Crippen LogP contribution in [0.4, 0.5) is 13.2 Å². The van der Waals surface area contributed by atoms with E-state index in [9.17, 15) is 18.0 Å². The largest absolute Gasteiger partial charge is 0.474 e. The van der Waals surface area contributed by atoms with Crippen molar-refractivity contribution in [1.82, 2.24) is 4.68 Å². The number of alkyl halides is 3. The van der Waals surface area contributed by atoms with E-state index in [1.165, 1.54) is 12.5 Å². The van der Waals surface area contributed by atoms with Gasteiger partial charge in [0.05, 0.1) is 0 Å². The number of hydrogen-bond acceptors (Lipinski definition) is 1. The lowest BCUT2D eigenvalue weighted by atomic mass is 9.92. The highest BCUT2D eigenvalue weighted by Gasteiger charge is 2.40. The second-order valence-electron chi connectivity index (χ2n) is 6.26. The number of nitrogens with one attached hydrogen (secondary N) is 1. The lowest BCUT2D eigenvalue weighted by molar-refractivity contribution is -0.596. The number of para-hydroxylation sites is 1. The van der Waals surface area contributed by atoms with Gasteiger partial charge in [-0.2, -0.15) is 23.2 Å². The summed E-state index contributed by atoms with van der Waals surface area (Å²) in [5.41, 5.74) is 4.91. The van der Waals surface area contributed by atoms with Gasteiger partial charge in [-0.05, 0) is 11.8 Å². The van der Waals surface area contributed by atoms with Crippen molar-refractivity contribution >= 4 is 5.91 Å². The molecule has 0 aliphatic carbocycles. The molecule has 1 heterocycles. The maximum absolute atomic E-state index is 12.4. The number of halogens is 3. The summed E-state index contributed by atoms with van der Waals surface area (Å²) in [7, 11) is 0. The lowest BCUT2D eigenvalue weighted by Gasteiger charge is -2.16. The molecule has 130 valence electrons. The van der Waals surface area contributed by atoms with E-state index in [2.05, 4.69) is 27.7 Å². The van der Waals surface area contributed by atoms with E-state index in [4.69, 9.17) is 0 Å². The molecule has 1 aromatic heterocycles. The van der Waals surface area contributed by atoms with Crippen molar-refractivity contribution in [3.63, 3.8) is 0 Å². The van der Waals surface area contributed by atoms with Gasteiger partial charge in [-0.15, -0.1) is 4.68 Å². The molecule has 24 heavy (non-hydrogen) atoms. The first kappa shape index (κ1) is 18.0. The number of amides is 1. The van der Waals surface area contributed by atoms with Gasteiger partial charge in [0.2, 0.25) is 0 Å². The topological polar surface area (TPSA) is 37.9 Å². The number of carbonyl (C=O) groups is 1. The van der Waals surface area contributed by atoms with Crippen molar-refractivity contribution in [2.45, 2.75) is 45.7 Å². The SMILES string of the molecule is CC(C)c1cccc(C(C)C)c1-[n+]1ccn(NC(=O)C(F)(F)F)c1. The van der Waals surface area contributed by atoms with E-state index in [1.54, 1.807) is 16.2 Å². The molecular formula is C17H21F3N3O+. The zero-order valence-electron chi connectivity index (χ0n) is 14.1. The van der Waals surface area contributed by atoms with Crippen LogP contribution >= 0.6 is 0 Å². The number of hydrogen-bond donors (Lipinski definition) is 1. The Kier molecular flexibility index (Phi) is 5.01. The van der Waals surface area contributed by atoms with E-state index in [-0.39, 0.29) is 11.8 Å². The molecule has 7 heteroatoms. The summed E-state index contributed by atoms with van der Waals surface area (Å²) in [4.78, 5) is 11.1. The van der Waals surface area contributed by atoms with Gasteiger partial charge in [0.25, 0.3) is 6.33 Å². The third-order valence-corrected chi connectivity index (χ3v) is 3.73. The molecule has 0 atom stereocenters. The predicted molar refractivity (Wildman–Crippen MR) is 84.6 cm³/mol. The van der Waals surface area contributed by atoms with Crippen LogP contribution < -0.4 is 9.99 Å². The fourth-order valence-corrected chi connectivity index (χ4v) is 2.54. The van der Waals surface area contributed by atoms with E-state index >= 15 is 0 Å². The third kappa shape index (κ3) is 3.77. The summed E-state index contributed by atoms with van der Waals surface area (Å²) in [6.45, 7) is 8.25. The molecule has 1 N–H and O–H groups in total. The molecule has 2 aromatic rings. The molecule has 0 aliphatic heterocycles. The minimum absolute atomic E-state index is 0.249. The van der Waals surface area contributed by atoms with Crippen LogP contribution in [0.25, 0.3) is 5.69 Å². The van der Waals surface area contributed by atoms with Crippen LogP contribution in [0, 0.1) is 0 Å². The fourth-order valence-electron chi connectivity index (χ4n) is 2.54. The minimum Gasteiger partial charge on any atom is -0.261 e. The number of imidazole rings is 1. The highest BCUT2D eigenvalue weighted by molar-refractivity contribution is 5.88. The molecule has 1 aromatic carbocycles. The van der Waals surface area contributed by atoms with Gasteiger partial charge in [-0.1, -0.05) is 45.9 Å². The lowest BCUT2D eigenvalue weighted by Crippen LogP contribution is -2.37. The third-order valence-electron chi connectivity index (χ3n) is 3.73. The predicted octanol–water partition coefficient (Wildman–Crippen LogP) is 3.64. The quantitative estimate of drug-likeness (QED) is 0.848. The highest BCUT2D eigenvalue weighted by Crippen LogP contribution is 2.27. The van der Waals surface area contributed by atoms with Gasteiger partial charge in [0.15, 0.2) is 6.20 Å². The summed E-state index contributed by atoms with van der Waals surface area (Å²) in [6.07, 6.45) is -0.487.